The van der Waals surface area contributed by atoms with Crippen LogP contribution in [0.1, 0.15) is 59.9 Å². The maximum Gasteiger partial charge on any atom is 0.337 e. The molecule has 0 N–H and O–H groups in total. The van der Waals surface area contributed by atoms with Gasteiger partial charge in [0.1, 0.15) is 11.9 Å². The minimum absolute atomic E-state index is 0.0222. The van der Waals surface area contributed by atoms with Crippen LogP contribution in [0.4, 0.5) is 4.39 Å². The van der Waals surface area contributed by atoms with Crippen molar-refractivity contribution in [1.82, 2.24) is 24.4 Å². The zero-order valence-electron chi connectivity index (χ0n) is 24.6. The molecule has 11 nitrogen and oxygen atoms in total. The summed E-state index contributed by atoms with van der Waals surface area (Å²) >= 11 is 0. The summed E-state index contributed by atoms with van der Waals surface area (Å²) in [5.74, 6) is 0.775. The number of esters is 1. The van der Waals surface area contributed by atoms with E-state index in [1.807, 2.05) is 18.2 Å². The van der Waals surface area contributed by atoms with Gasteiger partial charge in [0.25, 0.3) is 0 Å². The molecule has 2 aliphatic rings. The first kappa shape index (κ1) is 29.5. The number of piperidine rings is 1. The molecule has 2 atom stereocenters. The molecule has 2 aliphatic heterocycles. The normalized spacial score (nSPS) is 17.9. The molecule has 0 amide bonds. The van der Waals surface area contributed by atoms with Crippen molar-refractivity contribution in [3.63, 3.8) is 0 Å². The fourth-order valence-corrected chi connectivity index (χ4v) is 5.46. The van der Waals surface area contributed by atoms with E-state index in [2.05, 4.69) is 19.4 Å². The fourth-order valence-electron chi connectivity index (χ4n) is 5.46. The Balaban J connectivity index is 1.08. The molecule has 228 valence electrons. The summed E-state index contributed by atoms with van der Waals surface area (Å²) in [4.78, 5) is 28.2. The number of ether oxygens (including phenoxy) is 4. The van der Waals surface area contributed by atoms with Gasteiger partial charge in [-0.15, -0.1) is 0 Å². The van der Waals surface area contributed by atoms with Crippen molar-refractivity contribution in [3.8, 4) is 17.7 Å². The molecular formula is C32H33FN6O5. The number of nitriles is 1. The highest BCUT2D eigenvalue weighted by molar-refractivity contribution is 5.93. The first-order valence-electron chi connectivity index (χ1n) is 14.7. The molecule has 0 radical (unpaired) electrons. The summed E-state index contributed by atoms with van der Waals surface area (Å²) < 4.78 is 39.1. The Morgan fingerprint density at radius 1 is 1.16 bits per heavy atom. The number of hydrogen-bond donors (Lipinski definition) is 0. The van der Waals surface area contributed by atoms with Crippen molar-refractivity contribution in [3.05, 3.63) is 77.3 Å². The summed E-state index contributed by atoms with van der Waals surface area (Å²) in [6.45, 7) is 5.48. The molecule has 44 heavy (non-hydrogen) atoms. The van der Waals surface area contributed by atoms with Crippen molar-refractivity contribution >= 4 is 17.0 Å². The SMILES string of the molecule is COC(=O)c1ccc2nc(CN3CCC(Oc4ccnc(C(C)Oc5ccc(C#N)cc5F)n4)CC3)n(CC3CCO3)c2c1. The summed E-state index contributed by atoms with van der Waals surface area (Å²) in [5.41, 5.74) is 2.45. The number of halogens is 1. The summed E-state index contributed by atoms with van der Waals surface area (Å²) in [5, 5.41) is 8.95. The number of methoxy groups -OCH3 is 1. The van der Waals surface area contributed by atoms with Crippen LogP contribution >= 0.6 is 0 Å². The van der Waals surface area contributed by atoms with Gasteiger partial charge in [0.05, 0.1) is 54.5 Å². The Morgan fingerprint density at radius 3 is 2.68 bits per heavy atom. The number of benzene rings is 2. The Kier molecular flexibility index (Phi) is 8.67. The van der Waals surface area contributed by atoms with E-state index in [9.17, 15) is 9.18 Å². The smallest absolute Gasteiger partial charge is 0.337 e. The van der Waals surface area contributed by atoms with Gasteiger partial charge in [0, 0.05) is 32.0 Å². The molecule has 2 aromatic carbocycles. The van der Waals surface area contributed by atoms with Crippen molar-refractivity contribution in [2.24, 2.45) is 0 Å². The van der Waals surface area contributed by atoms with Crippen molar-refractivity contribution in [2.45, 2.75) is 57.6 Å². The Hall–Kier alpha value is -4.60. The number of hydrogen-bond acceptors (Lipinski definition) is 10. The van der Waals surface area contributed by atoms with E-state index in [4.69, 9.17) is 29.2 Å². The third-order valence-corrected chi connectivity index (χ3v) is 7.99. The number of likely N-dealkylation sites (tertiary alicyclic amines) is 1. The predicted octanol–water partition coefficient (Wildman–Crippen LogP) is 4.60. The van der Waals surface area contributed by atoms with Crippen LogP contribution in [0.3, 0.4) is 0 Å². The minimum atomic E-state index is -0.629. The lowest BCUT2D eigenvalue weighted by molar-refractivity contribution is -0.0592. The number of carbonyl (C=O) groups is 1. The van der Waals surface area contributed by atoms with Crippen LogP contribution in [0.2, 0.25) is 0 Å². The molecular weight excluding hydrogens is 567 g/mol. The summed E-state index contributed by atoms with van der Waals surface area (Å²) in [6.07, 6.45) is 3.70. The molecule has 2 saturated heterocycles. The quantitative estimate of drug-likeness (QED) is 0.239. The monoisotopic (exact) mass is 600 g/mol. The molecule has 6 rings (SSSR count). The van der Waals surface area contributed by atoms with Crippen LogP contribution in [0.25, 0.3) is 11.0 Å². The van der Waals surface area contributed by atoms with Gasteiger partial charge in [0.15, 0.2) is 23.5 Å². The third-order valence-electron chi connectivity index (χ3n) is 7.99. The van der Waals surface area contributed by atoms with Crippen molar-refractivity contribution < 1.29 is 28.1 Å². The lowest BCUT2D eigenvalue weighted by Gasteiger charge is -2.32. The zero-order valence-corrected chi connectivity index (χ0v) is 24.6. The van der Waals surface area contributed by atoms with Gasteiger partial charge in [-0.25, -0.2) is 19.2 Å². The van der Waals surface area contributed by atoms with Crippen molar-refractivity contribution in [1.29, 1.82) is 5.26 Å². The van der Waals surface area contributed by atoms with E-state index in [1.54, 1.807) is 25.3 Å². The fraction of sp³-hybridized carbons (Fsp3) is 0.406. The second-order valence-electron chi connectivity index (χ2n) is 11.0. The molecule has 12 heteroatoms. The van der Waals surface area contributed by atoms with Gasteiger partial charge < -0.3 is 23.5 Å². The van der Waals surface area contributed by atoms with Crippen molar-refractivity contribution in [2.75, 3.05) is 26.8 Å². The van der Waals surface area contributed by atoms with Gasteiger partial charge in [-0.05, 0) is 62.6 Å². The number of fused-ring (bicyclic) bond motifs is 1. The summed E-state index contributed by atoms with van der Waals surface area (Å²) in [7, 11) is 1.38. The molecule has 0 bridgehead atoms. The molecule has 0 aliphatic carbocycles. The first-order valence-corrected chi connectivity index (χ1v) is 14.7. The van der Waals surface area contributed by atoms with Crippen LogP contribution < -0.4 is 9.47 Å². The minimum Gasteiger partial charge on any atom is -0.480 e. The first-order chi connectivity index (χ1) is 21.4. The van der Waals surface area contributed by atoms with E-state index in [0.29, 0.717) is 30.4 Å². The van der Waals surface area contributed by atoms with Gasteiger partial charge in [-0.1, -0.05) is 0 Å². The average molecular weight is 601 g/mol. The molecule has 4 heterocycles. The van der Waals surface area contributed by atoms with E-state index >= 15 is 0 Å². The van der Waals surface area contributed by atoms with Gasteiger partial charge in [-0.2, -0.15) is 10.2 Å². The van der Waals surface area contributed by atoms with E-state index in [1.165, 1.54) is 19.2 Å². The average Bonchev–Trinajstić information content (AvgIpc) is 3.36. The highest BCUT2D eigenvalue weighted by Gasteiger charge is 2.26. The zero-order chi connectivity index (χ0) is 30.6. The lowest BCUT2D eigenvalue weighted by Crippen LogP contribution is -2.39. The van der Waals surface area contributed by atoms with Gasteiger partial charge in [0.2, 0.25) is 5.88 Å². The molecule has 0 saturated carbocycles. The van der Waals surface area contributed by atoms with Crippen LogP contribution in [0.5, 0.6) is 11.6 Å². The maximum absolute atomic E-state index is 14.3. The second-order valence-corrected chi connectivity index (χ2v) is 11.0. The number of imidazole rings is 1. The molecule has 0 spiro atoms. The Morgan fingerprint density at radius 2 is 1.98 bits per heavy atom. The second kappa shape index (κ2) is 13.0. The number of carbonyl (C=O) groups excluding carboxylic acids is 1. The van der Waals surface area contributed by atoms with E-state index < -0.39 is 11.9 Å². The van der Waals surface area contributed by atoms with Crippen LogP contribution in [0.15, 0.2) is 48.7 Å². The largest absolute Gasteiger partial charge is 0.480 e. The van der Waals surface area contributed by atoms with E-state index in [-0.39, 0.29) is 29.5 Å². The lowest BCUT2D eigenvalue weighted by atomic mass is 10.1. The highest BCUT2D eigenvalue weighted by atomic mass is 19.1. The molecule has 2 unspecified atom stereocenters. The summed E-state index contributed by atoms with van der Waals surface area (Å²) in [6, 6.07) is 13.1. The molecule has 2 fully saturated rings. The number of nitrogens with zero attached hydrogens (tertiary/aromatic N) is 6. The number of rotatable bonds is 10. The molecule has 4 aromatic rings. The van der Waals surface area contributed by atoms with Gasteiger partial charge >= 0.3 is 5.97 Å². The van der Waals surface area contributed by atoms with Crippen LogP contribution in [-0.2, 0) is 22.6 Å². The van der Waals surface area contributed by atoms with Crippen LogP contribution in [-0.4, -0.2) is 69.4 Å². The van der Waals surface area contributed by atoms with E-state index in [0.717, 1.165) is 61.9 Å². The van der Waals surface area contributed by atoms with Gasteiger partial charge in [-0.3, -0.25) is 4.90 Å². The maximum atomic E-state index is 14.3. The predicted molar refractivity (Wildman–Crippen MR) is 157 cm³/mol. The standard InChI is InChI=1S/C32H33FN6O5/c1-20(43-28-6-3-21(17-34)15-25(28)33)31-35-11-7-30(37-31)44-23-8-12-38(13-9-23)19-29-36-26-5-4-22(32(40)41-2)16-27(26)39(29)18-24-10-14-42-24/h3-7,11,15-16,20,23-24H,8-10,12-14,18-19H2,1-2H3. The molecule has 2 aromatic heterocycles. The Bertz CT molecular complexity index is 1690. The highest BCUT2D eigenvalue weighted by Crippen LogP contribution is 2.27. The third kappa shape index (κ3) is 6.49. The number of aromatic nitrogens is 4. The van der Waals surface area contributed by atoms with Crippen LogP contribution in [0, 0.1) is 17.1 Å². The topological polar surface area (TPSA) is 125 Å². The Labute approximate surface area is 254 Å².